The molecule has 0 fully saturated rings. The van der Waals surface area contributed by atoms with E-state index in [0.717, 1.165) is 24.0 Å². The van der Waals surface area contributed by atoms with Gasteiger partial charge in [0.2, 0.25) is 0 Å². The summed E-state index contributed by atoms with van der Waals surface area (Å²) in [4.78, 5) is 10.4. The Morgan fingerprint density at radius 1 is 1.56 bits per heavy atom. The van der Waals surface area contributed by atoms with Gasteiger partial charge in [-0.05, 0) is 30.0 Å². The molecule has 0 bridgehead atoms. The van der Waals surface area contributed by atoms with Crippen LogP contribution in [0.3, 0.4) is 0 Å². The second-order valence-corrected chi connectivity index (χ2v) is 4.00. The van der Waals surface area contributed by atoms with Crippen molar-refractivity contribution >= 4 is 5.97 Å². The summed E-state index contributed by atoms with van der Waals surface area (Å²) in [5.74, 6) is -0.968. The highest BCUT2D eigenvalue weighted by Gasteiger charge is 2.24. The highest BCUT2D eigenvalue weighted by Crippen LogP contribution is 2.32. The highest BCUT2D eigenvalue weighted by atomic mass is 19.1. The molecule has 1 atom stereocenters. The number of benzene rings is 1. The molecule has 4 heteroatoms. The minimum Gasteiger partial charge on any atom is -0.481 e. The molecule has 0 aliphatic heterocycles. The summed E-state index contributed by atoms with van der Waals surface area (Å²) in [6.45, 7) is 0.427. The maximum Gasteiger partial charge on any atom is 0.304 e. The van der Waals surface area contributed by atoms with Gasteiger partial charge in [-0.15, -0.1) is 0 Å². The molecule has 2 rings (SSSR count). The third-order valence-corrected chi connectivity index (χ3v) is 2.94. The number of carboxylic acid groups (broad SMARTS) is 1. The minimum absolute atomic E-state index is 0.0984. The first-order chi connectivity index (χ1) is 7.68. The fourth-order valence-electron chi connectivity index (χ4n) is 2.18. The molecule has 0 heterocycles. The van der Waals surface area contributed by atoms with Crippen molar-refractivity contribution in [3.8, 4) is 0 Å². The first-order valence-corrected chi connectivity index (χ1v) is 5.41. The van der Waals surface area contributed by atoms with E-state index in [0.29, 0.717) is 6.54 Å². The van der Waals surface area contributed by atoms with Crippen molar-refractivity contribution in [2.45, 2.75) is 25.3 Å². The summed E-state index contributed by atoms with van der Waals surface area (Å²) in [6, 6.07) is 5.18. The van der Waals surface area contributed by atoms with Gasteiger partial charge in [-0.2, -0.15) is 0 Å². The summed E-state index contributed by atoms with van der Waals surface area (Å²) >= 11 is 0. The normalized spacial score (nSPS) is 18.4. The van der Waals surface area contributed by atoms with Crippen molar-refractivity contribution in [3.63, 3.8) is 0 Å². The minimum atomic E-state index is -0.815. The van der Waals surface area contributed by atoms with Crippen LogP contribution >= 0.6 is 0 Å². The molecule has 0 spiro atoms. The van der Waals surface area contributed by atoms with Crippen LogP contribution in [0.2, 0.25) is 0 Å². The number of hydrogen-bond donors (Lipinski definition) is 2. The molecule has 3 nitrogen and oxygen atoms in total. The second kappa shape index (κ2) is 4.61. The lowest BCUT2D eigenvalue weighted by atomic mass is 10.1. The molecule has 0 amide bonds. The van der Waals surface area contributed by atoms with Crippen LogP contribution in [0.25, 0.3) is 0 Å². The van der Waals surface area contributed by atoms with Crippen molar-refractivity contribution in [1.82, 2.24) is 5.32 Å². The molecular weight excluding hydrogens is 209 g/mol. The number of carbonyl (C=O) groups is 1. The molecule has 1 aromatic carbocycles. The monoisotopic (exact) mass is 223 g/mol. The first-order valence-electron chi connectivity index (χ1n) is 5.41. The number of nitrogens with one attached hydrogen (secondary N) is 1. The molecule has 0 saturated heterocycles. The van der Waals surface area contributed by atoms with Crippen molar-refractivity contribution in [2.75, 3.05) is 6.54 Å². The zero-order valence-corrected chi connectivity index (χ0v) is 8.87. The zero-order valence-electron chi connectivity index (χ0n) is 8.87. The van der Waals surface area contributed by atoms with E-state index >= 15 is 0 Å². The number of hydrogen-bond acceptors (Lipinski definition) is 2. The Hall–Kier alpha value is -1.42. The lowest BCUT2D eigenvalue weighted by Gasteiger charge is -2.12. The van der Waals surface area contributed by atoms with Crippen molar-refractivity contribution in [1.29, 1.82) is 0 Å². The maximum absolute atomic E-state index is 13.4. The van der Waals surface area contributed by atoms with E-state index in [-0.39, 0.29) is 18.3 Å². The molecule has 1 aliphatic rings. The van der Waals surface area contributed by atoms with E-state index in [4.69, 9.17) is 5.11 Å². The number of fused-ring (bicyclic) bond motifs is 1. The number of halogens is 1. The van der Waals surface area contributed by atoms with Gasteiger partial charge in [0.1, 0.15) is 5.82 Å². The molecule has 0 unspecified atom stereocenters. The van der Waals surface area contributed by atoms with Crippen molar-refractivity contribution in [2.24, 2.45) is 0 Å². The van der Waals surface area contributed by atoms with E-state index in [1.807, 2.05) is 6.07 Å². The Bertz CT molecular complexity index is 406. The molecule has 0 saturated carbocycles. The highest BCUT2D eigenvalue weighted by molar-refractivity contribution is 5.66. The quantitative estimate of drug-likeness (QED) is 0.819. The summed E-state index contributed by atoms with van der Waals surface area (Å²) in [6.07, 6.45) is 1.67. The van der Waals surface area contributed by atoms with Gasteiger partial charge in [0.05, 0.1) is 6.42 Å². The molecule has 2 N–H and O–H groups in total. The van der Waals surface area contributed by atoms with Crippen molar-refractivity contribution in [3.05, 3.63) is 35.1 Å². The average Bonchev–Trinajstić information content (AvgIpc) is 2.63. The lowest BCUT2D eigenvalue weighted by Crippen LogP contribution is -2.22. The van der Waals surface area contributed by atoms with Crippen LogP contribution in [-0.2, 0) is 11.2 Å². The van der Waals surface area contributed by atoms with Crippen LogP contribution in [0, 0.1) is 5.82 Å². The summed E-state index contributed by atoms with van der Waals surface area (Å²) in [7, 11) is 0. The third-order valence-electron chi connectivity index (χ3n) is 2.94. The van der Waals surface area contributed by atoms with Gasteiger partial charge >= 0.3 is 5.97 Å². The Morgan fingerprint density at radius 3 is 3.12 bits per heavy atom. The predicted octanol–water partition coefficient (Wildman–Crippen LogP) is 1.88. The Morgan fingerprint density at radius 2 is 2.38 bits per heavy atom. The predicted molar refractivity (Wildman–Crippen MR) is 57.7 cm³/mol. The molecule has 0 aromatic heterocycles. The fourth-order valence-corrected chi connectivity index (χ4v) is 2.18. The molecule has 86 valence electrons. The third kappa shape index (κ3) is 2.22. The van der Waals surface area contributed by atoms with Gasteiger partial charge in [-0.3, -0.25) is 4.79 Å². The van der Waals surface area contributed by atoms with Crippen LogP contribution in [0.15, 0.2) is 18.2 Å². The summed E-state index contributed by atoms with van der Waals surface area (Å²) < 4.78 is 13.4. The van der Waals surface area contributed by atoms with Crippen LogP contribution < -0.4 is 5.32 Å². The Kier molecular flexibility index (Phi) is 3.19. The average molecular weight is 223 g/mol. The van der Waals surface area contributed by atoms with Crippen LogP contribution in [0.5, 0.6) is 0 Å². The largest absolute Gasteiger partial charge is 0.481 e. The van der Waals surface area contributed by atoms with E-state index in [9.17, 15) is 9.18 Å². The SMILES string of the molecule is O=C(O)CCN[C@H]1CCc2c(F)cccc21. The number of carboxylic acids is 1. The topological polar surface area (TPSA) is 49.3 Å². The first kappa shape index (κ1) is 11.1. The van der Waals surface area contributed by atoms with Gasteiger partial charge in [0, 0.05) is 12.6 Å². The Labute approximate surface area is 93.3 Å². The number of rotatable bonds is 4. The van der Waals surface area contributed by atoms with E-state index < -0.39 is 5.97 Å². The van der Waals surface area contributed by atoms with Crippen LogP contribution in [0.4, 0.5) is 4.39 Å². The van der Waals surface area contributed by atoms with Crippen LogP contribution in [0.1, 0.15) is 30.0 Å². The number of aliphatic carboxylic acids is 1. The zero-order chi connectivity index (χ0) is 11.5. The van der Waals surface area contributed by atoms with E-state index in [2.05, 4.69) is 5.32 Å². The Balaban J connectivity index is 2.01. The van der Waals surface area contributed by atoms with Gasteiger partial charge < -0.3 is 10.4 Å². The van der Waals surface area contributed by atoms with Gasteiger partial charge in [0.25, 0.3) is 0 Å². The van der Waals surface area contributed by atoms with E-state index in [1.165, 1.54) is 6.07 Å². The van der Waals surface area contributed by atoms with Crippen LogP contribution in [-0.4, -0.2) is 17.6 Å². The lowest BCUT2D eigenvalue weighted by molar-refractivity contribution is -0.136. The second-order valence-electron chi connectivity index (χ2n) is 4.00. The van der Waals surface area contributed by atoms with Crippen molar-refractivity contribution < 1.29 is 14.3 Å². The molecule has 1 aliphatic carbocycles. The fraction of sp³-hybridized carbons (Fsp3) is 0.417. The van der Waals surface area contributed by atoms with Gasteiger partial charge in [0.15, 0.2) is 0 Å². The molecular formula is C12H14FNO2. The summed E-state index contributed by atoms with van der Waals surface area (Å²) in [5.41, 5.74) is 1.75. The summed E-state index contributed by atoms with van der Waals surface area (Å²) in [5, 5.41) is 11.7. The molecule has 16 heavy (non-hydrogen) atoms. The van der Waals surface area contributed by atoms with Gasteiger partial charge in [-0.25, -0.2) is 4.39 Å². The standard InChI is InChI=1S/C12H14FNO2/c13-10-3-1-2-9-8(10)4-5-11(9)14-7-6-12(15)16/h1-3,11,14H,4-7H2,(H,15,16)/t11-/m0/s1. The van der Waals surface area contributed by atoms with Gasteiger partial charge in [-0.1, -0.05) is 12.1 Å². The smallest absolute Gasteiger partial charge is 0.304 e. The van der Waals surface area contributed by atoms with E-state index in [1.54, 1.807) is 6.07 Å². The molecule has 0 radical (unpaired) electrons. The maximum atomic E-state index is 13.4. The molecule has 1 aromatic rings.